The summed E-state index contributed by atoms with van der Waals surface area (Å²) in [7, 11) is -3.75. The molecule has 0 spiro atoms. The molecular formula is C12H12ClN3O4S. The van der Waals surface area contributed by atoms with Gasteiger partial charge in [0, 0.05) is 24.8 Å². The van der Waals surface area contributed by atoms with E-state index in [1.54, 1.807) is 0 Å². The van der Waals surface area contributed by atoms with E-state index in [2.05, 4.69) is 14.9 Å². The summed E-state index contributed by atoms with van der Waals surface area (Å²) in [5, 5.41) is 6.29. The van der Waals surface area contributed by atoms with Crippen LogP contribution in [0.1, 0.15) is 6.42 Å². The Bertz CT molecular complexity index is 746. The highest BCUT2D eigenvalue weighted by Gasteiger charge is 2.20. The Morgan fingerprint density at radius 1 is 1.24 bits per heavy atom. The van der Waals surface area contributed by atoms with E-state index < -0.39 is 10.0 Å². The van der Waals surface area contributed by atoms with E-state index in [4.69, 9.17) is 21.1 Å². The normalized spacial score (nSPS) is 14.5. The molecule has 0 unspecified atom stereocenters. The average molecular weight is 330 g/mol. The van der Waals surface area contributed by atoms with Crippen LogP contribution in [0.5, 0.6) is 11.5 Å². The van der Waals surface area contributed by atoms with Gasteiger partial charge in [0.25, 0.3) is 10.0 Å². The fraction of sp³-hybridized carbons (Fsp3) is 0.250. The van der Waals surface area contributed by atoms with Gasteiger partial charge in [-0.15, -0.1) is 0 Å². The Hall–Kier alpha value is -1.93. The van der Waals surface area contributed by atoms with Gasteiger partial charge < -0.3 is 9.47 Å². The third-order valence-corrected chi connectivity index (χ3v) is 4.51. The second-order valence-electron chi connectivity index (χ2n) is 4.37. The lowest BCUT2D eigenvalue weighted by atomic mass is 10.3. The molecule has 9 heteroatoms. The van der Waals surface area contributed by atoms with Crippen molar-refractivity contribution in [3.63, 3.8) is 0 Å². The molecule has 3 rings (SSSR count). The summed E-state index contributed by atoms with van der Waals surface area (Å²) in [6, 6.07) is 3.05. The van der Waals surface area contributed by atoms with Crippen LogP contribution >= 0.6 is 11.6 Å². The van der Waals surface area contributed by atoms with Crippen LogP contribution in [0, 0.1) is 0 Å². The van der Waals surface area contributed by atoms with E-state index in [0.717, 1.165) is 6.42 Å². The molecule has 0 aliphatic carbocycles. The molecule has 0 amide bonds. The van der Waals surface area contributed by atoms with Gasteiger partial charge >= 0.3 is 0 Å². The van der Waals surface area contributed by atoms with Crippen molar-refractivity contribution < 1.29 is 17.9 Å². The number of hydrogen-bond donors (Lipinski definition) is 2. The molecule has 0 fully saturated rings. The highest BCUT2D eigenvalue weighted by atomic mass is 35.5. The van der Waals surface area contributed by atoms with Crippen molar-refractivity contribution >= 4 is 27.3 Å². The fourth-order valence-electron chi connectivity index (χ4n) is 1.85. The Balaban J connectivity index is 1.94. The molecule has 7 nitrogen and oxygen atoms in total. The van der Waals surface area contributed by atoms with Gasteiger partial charge in [0.2, 0.25) is 0 Å². The number of anilines is 1. The highest BCUT2D eigenvalue weighted by molar-refractivity contribution is 7.92. The molecule has 2 heterocycles. The molecular weight excluding hydrogens is 318 g/mol. The summed E-state index contributed by atoms with van der Waals surface area (Å²) in [6.07, 6.45) is 3.24. The van der Waals surface area contributed by atoms with Gasteiger partial charge in [0.05, 0.1) is 30.1 Å². The zero-order chi connectivity index (χ0) is 14.9. The maximum atomic E-state index is 12.1. The second kappa shape index (κ2) is 5.45. The quantitative estimate of drug-likeness (QED) is 0.898. The number of aromatic amines is 1. The number of rotatable bonds is 3. The minimum absolute atomic E-state index is 0.0191. The standard InChI is InChI=1S/C12H12ClN3O4S/c13-9-4-11-12(20-3-1-2-19-11)5-10(9)16-21(17,18)8-6-14-15-7-8/h4-7,16H,1-3H2,(H,14,15). The number of benzene rings is 1. The van der Waals surface area contributed by atoms with E-state index >= 15 is 0 Å². The fourth-order valence-corrected chi connectivity index (χ4v) is 3.08. The van der Waals surface area contributed by atoms with Gasteiger partial charge in [-0.25, -0.2) is 8.42 Å². The third kappa shape index (κ3) is 2.91. The SMILES string of the molecule is O=S(=O)(Nc1cc2c(cc1Cl)OCCCO2)c1cn[nH]c1. The van der Waals surface area contributed by atoms with Crippen molar-refractivity contribution in [1.82, 2.24) is 10.2 Å². The minimum Gasteiger partial charge on any atom is -0.490 e. The first-order valence-electron chi connectivity index (χ1n) is 6.17. The number of nitrogens with one attached hydrogen (secondary N) is 2. The van der Waals surface area contributed by atoms with Gasteiger partial charge in [0.1, 0.15) is 4.90 Å². The molecule has 1 aromatic heterocycles. The summed E-state index contributed by atoms with van der Waals surface area (Å²) in [6.45, 7) is 1.03. The smallest absolute Gasteiger partial charge is 0.265 e. The topological polar surface area (TPSA) is 93.3 Å². The number of hydrogen-bond acceptors (Lipinski definition) is 5. The Labute approximate surface area is 126 Å². The number of fused-ring (bicyclic) bond motifs is 1. The number of halogens is 1. The number of ether oxygens (including phenoxy) is 2. The van der Waals surface area contributed by atoms with Gasteiger partial charge in [-0.3, -0.25) is 9.82 Å². The van der Waals surface area contributed by atoms with E-state index in [1.807, 2.05) is 0 Å². The summed E-state index contributed by atoms with van der Waals surface area (Å²) in [4.78, 5) is 0.0191. The molecule has 1 aromatic carbocycles. The van der Waals surface area contributed by atoms with E-state index in [1.165, 1.54) is 24.5 Å². The van der Waals surface area contributed by atoms with Gasteiger partial charge in [0.15, 0.2) is 11.5 Å². The lowest BCUT2D eigenvalue weighted by Crippen LogP contribution is -2.12. The number of H-pyrrole nitrogens is 1. The zero-order valence-corrected chi connectivity index (χ0v) is 12.4. The highest BCUT2D eigenvalue weighted by Crippen LogP contribution is 2.38. The van der Waals surface area contributed by atoms with Gasteiger partial charge in [-0.05, 0) is 0 Å². The van der Waals surface area contributed by atoms with Crippen molar-refractivity contribution in [2.24, 2.45) is 0 Å². The molecule has 1 aliphatic heterocycles. The first-order valence-corrected chi connectivity index (χ1v) is 8.03. The van der Waals surface area contributed by atoms with Crippen LogP contribution in [-0.2, 0) is 10.0 Å². The predicted molar refractivity (Wildman–Crippen MR) is 76.5 cm³/mol. The van der Waals surface area contributed by atoms with Gasteiger partial charge in [-0.2, -0.15) is 5.10 Å². The van der Waals surface area contributed by atoms with Crippen LogP contribution in [0.25, 0.3) is 0 Å². The minimum atomic E-state index is -3.75. The van der Waals surface area contributed by atoms with Crippen LogP contribution in [0.2, 0.25) is 5.02 Å². The van der Waals surface area contributed by atoms with Crippen LogP contribution in [0.15, 0.2) is 29.4 Å². The van der Waals surface area contributed by atoms with E-state index in [9.17, 15) is 8.42 Å². The van der Waals surface area contributed by atoms with Crippen molar-refractivity contribution in [1.29, 1.82) is 0 Å². The van der Waals surface area contributed by atoms with Crippen molar-refractivity contribution in [3.05, 3.63) is 29.5 Å². The summed E-state index contributed by atoms with van der Waals surface area (Å²) < 4.78 is 37.7. The maximum absolute atomic E-state index is 12.1. The van der Waals surface area contributed by atoms with E-state index in [0.29, 0.717) is 24.7 Å². The molecule has 0 atom stereocenters. The summed E-state index contributed by atoms with van der Waals surface area (Å²) in [5.41, 5.74) is 0.224. The molecule has 2 N–H and O–H groups in total. The Morgan fingerprint density at radius 3 is 2.62 bits per heavy atom. The van der Waals surface area contributed by atoms with Crippen molar-refractivity contribution in [3.8, 4) is 11.5 Å². The lowest BCUT2D eigenvalue weighted by molar-refractivity contribution is 0.297. The Kier molecular flexibility index (Phi) is 3.64. The monoisotopic (exact) mass is 329 g/mol. The number of sulfonamides is 1. The lowest BCUT2D eigenvalue weighted by Gasteiger charge is -2.12. The summed E-state index contributed by atoms with van der Waals surface area (Å²) >= 11 is 6.10. The zero-order valence-electron chi connectivity index (χ0n) is 10.8. The van der Waals surface area contributed by atoms with Crippen molar-refractivity contribution in [2.45, 2.75) is 11.3 Å². The number of nitrogens with zero attached hydrogens (tertiary/aromatic N) is 1. The second-order valence-corrected chi connectivity index (χ2v) is 6.46. The van der Waals surface area contributed by atoms with Crippen LogP contribution in [-0.4, -0.2) is 31.8 Å². The van der Waals surface area contributed by atoms with Crippen LogP contribution in [0.4, 0.5) is 5.69 Å². The van der Waals surface area contributed by atoms with Crippen molar-refractivity contribution in [2.75, 3.05) is 17.9 Å². The third-order valence-electron chi connectivity index (χ3n) is 2.86. The average Bonchev–Trinajstić information content (AvgIpc) is 2.89. The molecule has 0 radical (unpaired) electrons. The molecule has 112 valence electrons. The first kappa shape index (κ1) is 14.0. The van der Waals surface area contributed by atoms with E-state index in [-0.39, 0.29) is 15.6 Å². The Morgan fingerprint density at radius 2 is 1.95 bits per heavy atom. The summed E-state index contributed by atoms with van der Waals surface area (Å²) in [5.74, 6) is 0.963. The predicted octanol–water partition coefficient (Wildman–Crippen LogP) is 2.03. The van der Waals surface area contributed by atoms with Crippen LogP contribution < -0.4 is 14.2 Å². The molecule has 2 aromatic rings. The molecule has 0 saturated carbocycles. The molecule has 0 bridgehead atoms. The van der Waals surface area contributed by atoms with Crippen LogP contribution in [0.3, 0.4) is 0 Å². The largest absolute Gasteiger partial charge is 0.490 e. The number of aromatic nitrogens is 2. The van der Waals surface area contributed by atoms with Gasteiger partial charge in [-0.1, -0.05) is 11.6 Å². The molecule has 0 saturated heterocycles. The maximum Gasteiger partial charge on any atom is 0.265 e. The first-order chi connectivity index (χ1) is 10.1. The molecule has 1 aliphatic rings. The molecule has 21 heavy (non-hydrogen) atoms.